The van der Waals surface area contributed by atoms with Gasteiger partial charge in [0.05, 0.1) is 12.3 Å². The van der Waals surface area contributed by atoms with Crippen LogP contribution in [0.15, 0.2) is 41.0 Å². The van der Waals surface area contributed by atoms with Gasteiger partial charge in [-0.25, -0.2) is 4.79 Å². The van der Waals surface area contributed by atoms with Crippen molar-refractivity contribution in [1.29, 1.82) is 0 Å². The standard InChI is InChI=1S/C23H33N3O4/c1-7-29-20(27)15-24-18-12-19(14-23(5,6)13-18)25-16-8-10-17(11-9-16)26-21(28)30-22(2,3)4/h8-12,24H,7,13-15H2,1-6H3,(H,26,28)/b25-19-. The van der Waals surface area contributed by atoms with E-state index in [2.05, 4.69) is 24.5 Å². The second-order valence-electron chi connectivity index (χ2n) is 9.12. The summed E-state index contributed by atoms with van der Waals surface area (Å²) in [5.41, 5.74) is 2.83. The number of amides is 1. The average molecular weight is 416 g/mol. The highest BCUT2D eigenvalue weighted by molar-refractivity contribution is 5.98. The molecule has 1 aromatic rings. The van der Waals surface area contributed by atoms with Crippen LogP contribution in [0, 0.1) is 5.41 Å². The Hall–Kier alpha value is -2.83. The lowest BCUT2D eigenvalue weighted by molar-refractivity contribution is -0.141. The van der Waals surface area contributed by atoms with Crippen molar-refractivity contribution in [3.05, 3.63) is 36.0 Å². The number of ether oxygens (including phenoxy) is 2. The van der Waals surface area contributed by atoms with Crippen molar-refractivity contribution in [1.82, 2.24) is 5.32 Å². The summed E-state index contributed by atoms with van der Waals surface area (Å²) in [6, 6.07) is 7.28. The molecule has 164 valence electrons. The molecule has 0 spiro atoms. The number of anilines is 1. The Labute approximate surface area is 178 Å². The Bertz CT molecular complexity index is 818. The molecule has 1 amide bonds. The van der Waals surface area contributed by atoms with Gasteiger partial charge in [-0.3, -0.25) is 15.1 Å². The van der Waals surface area contributed by atoms with Crippen molar-refractivity contribution in [2.24, 2.45) is 10.4 Å². The lowest BCUT2D eigenvalue weighted by atomic mass is 9.78. The molecular weight excluding hydrogens is 382 g/mol. The van der Waals surface area contributed by atoms with Gasteiger partial charge >= 0.3 is 12.1 Å². The minimum absolute atomic E-state index is 0.0305. The molecule has 1 aliphatic rings. The fourth-order valence-corrected chi connectivity index (χ4v) is 3.16. The number of benzene rings is 1. The maximum Gasteiger partial charge on any atom is 0.412 e. The average Bonchev–Trinajstić information content (AvgIpc) is 2.59. The summed E-state index contributed by atoms with van der Waals surface area (Å²) < 4.78 is 10.2. The van der Waals surface area contributed by atoms with Crippen molar-refractivity contribution >= 4 is 29.1 Å². The Morgan fingerprint density at radius 3 is 2.40 bits per heavy atom. The lowest BCUT2D eigenvalue weighted by Crippen LogP contribution is -2.31. The van der Waals surface area contributed by atoms with Crippen LogP contribution in [0.4, 0.5) is 16.2 Å². The fraction of sp³-hybridized carbons (Fsp3) is 0.522. The molecule has 0 fully saturated rings. The number of carbonyl (C=O) groups excluding carboxylic acids is 2. The molecule has 0 heterocycles. The highest BCUT2D eigenvalue weighted by Crippen LogP contribution is 2.34. The van der Waals surface area contributed by atoms with E-state index >= 15 is 0 Å². The van der Waals surface area contributed by atoms with Gasteiger partial charge in [0, 0.05) is 17.1 Å². The van der Waals surface area contributed by atoms with Gasteiger partial charge in [0.25, 0.3) is 0 Å². The normalized spacial score (nSPS) is 17.1. The molecule has 0 bridgehead atoms. The maximum atomic E-state index is 11.9. The summed E-state index contributed by atoms with van der Waals surface area (Å²) in [7, 11) is 0. The van der Waals surface area contributed by atoms with E-state index in [-0.39, 0.29) is 17.9 Å². The number of nitrogens with zero attached hydrogens (tertiary/aromatic N) is 1. The van der Waals surface area contributed by atoms with Gasteiger partial charge in [-0.1, -0.05) is 13.8 Å². The second kappa shape index (κ2) is 9.78. The topological polar surface area (TPSA) is 89.0 Å². The molecule has 7 nitrogen and oxygen atoms in total. The van der Waals surface area contributed by atoms with Crippen LogP contribution in [0.1, 0.15) is 54.4 Å². The zero-order valence-corrected chi connectivity index (χ0v) is 18.8. The fourth-order valence-electron chi connectivity index (χ4n) is 3.16. The summed E-state index contributed by atoms with van der Waals surface area (Å²) in [5.74, 6) is -0.270. The van der Waals surface area contributed by atoms with E-state index in [9.17, 15) is 9.59 Å². The molecule has 0 radical (unpaired) electrons. The van der Waals surface area contributed by atoms with Gasteiger partial charge in [-0.15, -0.1) is 0 Å². The van der Waals surface area contributed by atoms with Crippen molar-refractivity contribution in [3.63, 3.8) is 0 Å². The van der Waals surface area contributed by atoms with Crippen molar-refractivity contribution in [3.8, 4) is 0 Å². The van der Waals surface area contributed by atoms with Crippen LogP contribution in [0.2, 0.25) is 0 Å². The Kier molecular flexibility index (Phi) is 7.65. The third kappa shape index (κ3) is 8.27. The van der Waals surface area contributed by atoms with Crippen LogP contribution in [-0.4, -0.2) is 36.5 Å². The molecule has 0 atom stereocenters. The third-order valence-electron chi connectivity index (χ3n) is 4.22. The summed E-state index contributed by atoms with van der Waals surface area (Å²) >= 11 is 0. The molecule has 1 aromatic carbocycles. The highest BCUT2D eigenvalue weighted by Gasteiger charge is 2.26. The molecule has 7 heteroatoms. The van der Waals surface area contributed by atoms with Gasteiger partial charge < -0.3 is 14.8 Å². The number of hydrogen-bond acceptors (Lipinski definition) is 6. The zero-order valence-electron chi connectivity index (χ0n) is 18.8. The number of aliphatic imine (C=N–C) groups is 1. The van der Waals surface area contributed by atoms with E-state index in [1.807, 2.05) is 39.0 Å². The van der Waals surface area contributed by atoms with Gasteiger partial charge in [0.1, 0.15) is 12.1 Å². The summed E-state index contributed by atoms with van der Waals surface area (Å²) in [4.78, 5) is 28.3. The number of carbonyl (C=O) groups is 2. The van der Waals surface area contributed by atoms with E-state index in [0.29, 0.717) is 12.3 Å². The summed E-state index contributed by atoms with van der Waals surface area (Å²) in [6.07, 6.45) is 3.17. The largest absolute Gasteiger partial charge is 0.465 e. The summed E-state index contributed by atoms with van der Waals surface area (Å²) in [5, 5.41) is 5.88. The van der Waals surface area contributed by atoms with Gasteiger partial charge in [0.15, 0.2) is 0 Å². The van der Waals surface area contributed by atoms with Crippen LogP contribution in [0.5, 0.6) is 0 Å². The first-order valence-electron chi connectivity index (χ1n) is 10.2. The minimum atomic E-state index is -0.546. The molecule has 0 saturated heterocycles. The lowest BCUT2D eigenvalue weighted by Gasteiger charge is -2.31. The van der Waals surface area contributed by atoms with Crippen LogP contribution < -0.4 is 10.6 Å². The molecule has 30 heavy (non-hydrogen) atoms. The molecular formula is C23H33N3O4. The first kappa shape index (κ1) is 23.4. The van der Waals surface area contributed by atoms with E-state index < -0.39 is 11.7 Å². The number of esters is 1. The van der Waals surface area contributed by atoms with E-state index in [4.69, 9.17) is 14.5 Å². The minimum Gasteiger partial charge on any atom is -0.465 e. The predicted octanol–water partition coefficient (Wildman–Crippen LogP) is 4.96. The molecule has 0 unspecified atom stereocenters. The SMILES string of the molecule is CCOC(=O)CNC1=C/C(=N/c2ccc(NC(=O)OC(C)(C)C)cc2)CC(C)(C)C1. The van der Waals surface area contributed by atoms with Crippen LogP contribution >= 0.6 is 0 Å². The van der Waals surface area contributed by atoms with Crippen LogP contribution in [0.25, 0.3) is 0 Å². The van der Waals surface area contributed by atoms with Gasteiger partial charge in [0.2, 0.25) is 0 Å². The summed E-state index contributed by atoms with van der Waals surface area (Å²) in [6.45, 7) is 12.1. The number of nitrogens with one attached hydrogen (secondary N) is 2. The van der Waals surface area contributed by atoms with Crippen molar-refractivity contribution in [2.45, 2.75) is 60.0 Å². The Morgan fingerprint density at radius 1 is 1.13 bits per heavy atom. The highest BCUT2D eigenvalue weighted by atomic mass is 16.6. The zero-order chi connectivity index (χ0) is 22.4. The Morgan fingerprint density at radius 2 is 1.80 bits per heavy atom. The van der Waals surface area contributed by atoms with Crippen LogP contribution in [0.3, 0.4) is 0 Å². The molecule has 2 N–H and O–H groups in total. The number of rotatable bonds is 6. The van der Waals surface area contributed by atoms with Crippen molar-refractivity contribution in [2.75, 3.05) is 18.5 Å². The van der Waals surface area contributed by atoms with E-state index in [1.54, 1.807) is 19.1 Å². The number of hydrogen-bond donors (Lipinski definition) is 2. The van der Waals surface area contributed by atoms with Gasteiger partial charge in [-0.2, -0.15) is 0 Å². The first-order valence-corrected chi connectivity index (χ1v) is 10.2. The predicted molar refractivity (Wildman–Crippen MR) is 119 cm³/mol. The van der Waals surface area contributed by atoms with Gasteiger partial charge in [-0.05, 0) is 76.3 Å². The third-order valence-corrected chi connectivity index (χ3v) is 4.22. The van der Waals surface area contributed by atoms with Crippen molar-refractivity contribution < 1.29 is 19.1 Å². The Balaban J connectivity index is 2.07. The molecule has 1 aliphatic carbocycles. The molecule has 0 saturated carbocycles. The molecule has 0 aromatic heterocycles. The quantitative estimate of drug-likeness (QED) is 0.641. The van der Waals surface area contributed by atoms with Crippen LogP contribution in [-0.2, 0) is 14.3 Å². The van der Waals surface area contributed by atoms with E-state index in [0.717, 1.165) is 29.9 Å². The maximum absolute atomic E-state index is 11.9. The molecule has 0 aliphatic heterocycles. The number of allylic oxidation sites excluding steroid dienone is 2. The first-order chi connectivity index (χ1) is 14.0. The smallest absolute Gasteiger partial charge is 0.412 e. The van der Waals surface area contributed by atoms with E-state index in [1.165, 1.54) is 0 Å². The second-order valence-corrected chi connectivity index (χ2v) is 9.12. The monoisotopic (exact) mass is 415 g/mol. The molecule has 2 rings (SSSR count).